The molecule has 0 saturated heterocycles. The van der Waals surface area contributed by atoms with Crippen molar-refractivity contribution in [2.45, 2.75) is 26.2 Å². The normalized spacial score (nSPS) is 20.2. The maximum absolute atomic E-state index is 14.2. The molecule has 0 radical (unpaired) electrons. The fourth-order valence-corrected chi connectivity index (χ4v) is 5.09. The summed E-state index contributed by atoms with van der Waals surface area (Å²) in [4.78, 5) is 14.2. The summed E-state index contributed by atoms with van der Waals surface area (Å²) in [6.45, 7) is 4.28. The molecule has 1 aliphatic carbocycles. The summed E-state index contributed by atoms with van der Waals surface area (Å²) >= 11 is 6.19. The van der Waals surface area contributed by atoms with E-state index in [0.29, 0.717) is 5.02 Å². The van der Waals surface area contributed by atoms with Crippen molar-refractivity contribution >= 4 is 29.2 Å². The molecule has 1 aliphatic heterocycles. The summed E-state index contributed by atoms with van der Waals surface area (Å²) < 4.78 is 5.29. The molecule has 3 aromatic carbocycles. The van der Waals surface area contributed by atoms with Gasteiger partial charge in [-0.1, -0.05) is 80.0 Å². The second-order valence-electron chi connectivity index (χ2n) is 9.71. The van der Waals surface area contributed by atoms with Crippen LogP contribution in [0.25, 0.3) is 11.8 Å². The molecule has 2 aliphatic rings. The highest BCUT2D eigenvalue weighted by Crippen LogP contribution is 2.48. The van der Waals surface area contributed by atoms with Gasteiger partial charge in [-0.3, -0.25) is 4.79 Å². The molecule has 0 bridgehead atoms. The summed E-state index contributed by atoms with van der Waals surface area (Å²) in [7, 11) is 1.65. The van der Waals surface area contributed by atoms with Crippen molar-refractivity contribution in [2.75, 3.05) is 7.11 Å². The van der Waals surface area contributed by atoms with Crippen LogP contribution in [0.1, 0.15) is 42.9 Å². The highest BCUT2D eigenvalue weighted by molar-refractivity contribution is 6.30. The first-order valence-corrected chi connectivity index (χ1v) is 12.2. The summed E-state index contributed by atoms with van der Waals surface area (Å²) in [5.74, 6) is 0.716. The number of halogens is 1. The van der Waals surface area contributed by atoms with Gasteiger partial charge in [0.2, 0.25) is 0 Å². The number of ketones is 1. The Balaban J connectivity index is 1.61. The molecule has 0 fully saturated rings. The molecular weight excluding hydrogens is 454 g/mol. The molecule has 0 saturated carbocycles. The Kier molecular flexibility index (Phi) is 6.12. The van der Waals surface area contributed by atoms with E-state index in [9.17, 15) is 4.79 Å². The molecule has 176 valence electrons. The summed E-state index contributed by atoms with van der Waals surface area (Å²) in [6, 6.07) is 25.9. The van der Waals surface area contributed by atoms with E-state index >= 15 is 0 Å². The first kappa shape index (κ1) is 23.2. The lowest BCUT2D eigenvalue weighted by Crippen LogP contribution is -2.37. The average molecular weight is 482 g/mol. The first-order valence-electron chi connectivity index (χ1n) is 11.8. The lowest BCUT2D eigenvalue weighted by Gasteiger charge is -2.40. The van der Waals surface area contributed by atoms with E-state index in [0.717, 1.165) is 51.4 Å². The van der Waals surface area contributed by atoms with Crippen molar-refractivity contribution in [1.82, 2.24) is 5.32 Å². The number of methoxy groups -OCH3 is 1. The third kappa shape index (κ3) is 4.56. The molecule has 0 amide bonds. The minimum atomic E-state index is -0.327. The molecule has 3 nitrogen and oxygen atoms in total. The molecule has 5 rings (SSSR count). The number of nitrogens with one attached hydrogen (secondary N) is 1. The Morgan fingerprint density at radius 3 is 2.31 bits per heavy atom. The quantitative estimate of drug-likeness (QED) is 0.394. The van der Waals surface area contributed by atoms with Crippen LogP contribution in [0.5, 0.6) is 5.75 Å². The highest BCUT2D eigenvalue weighted by atomic mass is 35.5. The van der Waals surface area contributed by atoms with E-state index in [4.69, 9.17) is 16.3 Å². The van der Waals surface area contributed by atoms with Crippen LogP contribution in [0, 0.1) is 5.41 Å². The smallest absolute Gasteiger partial charge is 0.188 e. The lowest BCUT2D eigenvalue weighted by molar-refractivity contribution is -0.113. The topological polar surface area (TPSA) is 38.3 Å². The Bertz CT molecular complexity index is 1350. The van der Waals surface area contributed by atoms with Gasteiger partial charge in [0, 0.05) is 33.5 Å². The van der Waals surface area contributed by atoms with Crippen molar-refractivity contribution in [1.29, 1.82) is 0 Å². The number of benzene rings is 3. The zero-order valence-corrected chi connectivity index (χ0v) is 20.9. The van der Waals surface area contributed by atoms with Crippen molar-refractivity contribution in [3.05, 3.63) is 123 Å². The number of hydrogen-bond donors (Lipinski definition) is 1. The summed E-state index contributed by atoms with van der Waals surface area (Å²) in [5, 5.41) is 4.30. The number of ether oxygens (including phenoxy) is 1. The SMILES string of the molecule is COc1ccc(/C=C2\C(=O)C3=C(CC2(C)C)NC(c2ccccc2)=CC3c2ccc(Cl)cc2)cc1. The van der Waals surface area contributed by atoms with Gasteiger partial charge in [-0.2, -0.15) is 0 Å². The molecular formula is C31H28ClNO2. The van der Waals surface area contributed by atoms with Crippen LogP contribution in [0.15, 0.2) is 102 Å². The van der Waals surface area contributed by atoms with Crippen molar-refractivity contribution in [3.8, 4) is 5.75 Å². The van der Waals surface area contributed by atoms with E-state index in [2.05, 4.69) is 37.4 Å². The fraction of sp³-hybridized carbons (Fsp3) is 0.194. The van der Waals surface area contributed by atoms with Crippen molar-refractivity contribution < 1.29 is 9.53 Å². The standard InChI is InChI=1S/C31H28ClNO2/c1-31(2)19-28-29(30(34)26(31)17-20-9-15-24(35-3)16-10-20)25(21-11-13-23(32)14-12-21)18-27(33-28)22-7-5-4-6-8-22/h4-18,25,33H,19H2,1-3H3/b26-17+. The van der Waals surface area contributed by atoms with Gasteiger partial charge >= 0.3 is 0 Å². The first-order chi connectivity index (χ1) is 16.9. The minimum absolute atomic E-state index is 0.0860. The molecule has 35 heavy (non-hydrogen) atoms. The second-order valence-corrected chi connectivity index (χ2v) is 10.2. The predicted octanol–water partition coefficient (Wildman–Crippen LogP) is 7.41. The van der Waals surface area contributed by atoms with Crippen LogP contribution in [-0.4, -0.2) is 12.9 Å². The summed E-state index contributed by atoms with van der Waals surface area (Å²) in [5.41, 5.74) is 6.45. The van der Waals surface area contributed by atoms with Gasteiger partial charge in [0.15, 0.2) is 5.78 Å². The zero-order chi connectivity index (χ0) is 24.6. The Morgan fingerprint density at radius 1 is 0.971 bits per heavy atom. The van der Waals surface area contributed by atoms with Crippen LogP contribution >= 0.6 is 11.6 Å². The molecule has 1 heterocycles. The maximum Gasteiger partial charge on any atom is 0.188 e. The number of carbonyl (C=O) groups excluding carboxylic acids is 1. The van der Waals surface area contributed by atoms with Gasteiger partial charge in [0.05, 0.1) is 7.11 Å². The number of dihydropyridines is 1. The third-order valence-corrected chi connectivity index (χ3v) is 7.08. The van der Waals surface area contributed by atoms with Crippen LogP contribution < -0.4 is 10.1 Å². The molecule has 0 aromatic heterocycles. The maximum atomic E-state index is 14.2. The molecule has 1 atom stereocenters. The predicted molar refractivity (Wildman–Crippen MR) is 143 cm³/mol. The van der Waals surface area contributed by atoms with Gasteiger partial charge in [-0.05, 0) is 64.9 Å². The largest absolute Gasteiger partial charge is 0.497 e. The molecule has 1 unspecified atom stereocenters. The number of carbonyl (C=O) groups is 1. The van der Waals surface area contributed by atoms with Gasteiger partial charge in [-0.25, -0.2) is 0 Å². The van der Waals surface area contributed by atoms with E-state index in [1.165, 1.54) is 0 Å². The molecule has 0 spiro atoms. The number of Topliss-reactive ketones (excluding diaryl/α,β-unsaturated/α-hetero) is 1. The monoisotopic (exact) mass is 481 g/mol. The van der Waals surface area contributed by atoms with Crippen LogP contribution in [-0.2, 0) is 4.79 Å². The average Bonchev–Trinajstić information content (AvgIpc) is 2.87. The van der Waals surface area contributed by atoms with Gasteiger partial charge in [0.25, 0.3) is 0 Å². The van der Waals surface area contributed by atoms with Gasteiger partial charge < -0.3 is 10.1 Å². The van der Waals surface area contributed by atoms with E-state index in [-0.39, 0.29) is 17.1 Å². The van der Waals surface area contributed by atoms with Crippen molar-refractivity contribution in [3.63, 3.8) is 0 Å². The van der Waals surface area contributed by atoms with Crippen LogP contribution in [0.4, 0.5) is 0 Å². The number of rotatable bonds is 4. The second kappa shape index (κ2) is 9.24. The molecule has 1 N–H and O–H groups in total. The Morgan fingerprint density at radius 2 is 1.66 bits per heavy atom. The van der Waals surface area contributed by atoms with Crippen LogP contribution in [0.3, 0.4) is 0 Å². The van der Waals surface area contributed by atoms with E-state index < -0.39 is 0 Å². The Labute approximate surface area is 211 Å². The zero-order valence-electron chi connectivity index (χ0n) is 20.1. The van der Waals surface area contributed by atoms with Crippen LogP contribution in [0.2, 0.25) is 5.02 Å². The highest BCUT2D eigenvalue weighted by Gasteiger charge is 2.42. The number of allylic oxidation sites excluding steroid dienone is 4. The van der Waals surface area contributed by atoms with Crippen molar-refractivity contribution in [2.24, 2.45) is 5.41 Å². The van der Waals surface area contributed by atoms with Gasteiger partial charge in [0.1, 0.15) is 5.75 Å². The fourth-order valence-electron chi connectivity index (χ4n) is 4.96. The lowest BCUT2D eigenvalue weighted by atomic mass is 9.67. The number of hydrogen-bond acceptors (Lipinski definition) is 3. The Hall–Kier alpha value is -3.56. The van der Waals surface area contributed by atoms with Gasteiger partial charge in [-0.15, -0.1) is 0 Å². The van der Waals surface area contributed by atoms with E-state index in [1.807, 2.05) is 72.8 Å². The third-order valence-electron chi connectivity index (χ3n) is 6.83. The minimum Gasteiger partial charge on any atom is -0.497 e. The molecule has 3 aromatic rings. The molecule has 4 heteroatoms. The summed E-state index contributed by atoms with van der Waals surface area (Å²) in [6.07, 6.45) is 4.93. The van der Waals surface area contributed by atoms with E-state index in [1.54, 1.807) is 7.11 Å².